The number of hydrogen-bond acceptors (Lipinski definition) is 9. The Labute approximate surface area is 153 Å². The lowest BCUT2D eigenvalue weighted by Crippen LogP contribution is -2.30. The van der Waals surface area contributed by atoms with Crippen molar-refractivity contribution in [1.29, 1.82) is 0 Å². The average Bonchev–Trinajstić information content (AvgIpc) is 3.25. The van der Waals surface area contributed by atoms with Crippen LogP contribution in [0, 0.1) is 0 Å². The number of carbonyl (C=O) groups excluding carboxylic acids is 1. The van der Waals surface area contributed by atoms with Crippen LogP contribution in [-0.2, 0) is 9.63 Å². The van der Waals surface area contributed by atoms with E-state index in [0.717, 1.165) is 17.7 Å². The maximum atomic E-state index is 12.7. The summed E-state index contributed by atoms with van der Waals surface area (Å²) >= 11 is 1.19. The van der Waals surface area contributed by atoms with E-state index in [-0.39, 0.29) is 17.5 Å². The minimum absolute atomic E-state index is 0.0792. The van der Waals surface area contributed by atoms with Crippen molar-refractivity contribution < 1.29 is 14.5 Å². The van der Waals surface area contributed by atoms with E-state index in [9.17, 15) is 4.79 Å². The van der Waals surface area contributed by atoms with Crippen LogP contribution >= 0.6 is 11.3 Å². The standard InChI is InChI=1S/C16H18N6O3S/c1-3-10(4-2)24-20-14(12-9-26-16(17)18-12)15(23)25-22-13-8-6-5-7-11(13)19-21-22/h5-10H,3-4H2,1-2H3,(H2,17,18)/b20-14-. The van der Waals surface area contributed by atoms with Gasteiger partial charge in [0.2, 0.25) is 5.71 Å². The lowest BCUT2D eigenvalue weighted by Gasteiger charge is -2.11. The van der Waals surface area contributed by atoms with Crippen LogP contribution in [0.5, 0.6) is 0 Å². The molecule has 10 heteroatoms. The Morgan fingerprint density at radius 3 is 2.81 bits per heavy atom. The van der Waals surface area contributed by atoms with Crippen molar-refractivity contribution >= 4 is 39.2 Å². The molecule has 2 aromatic heterocycles. The van der Waals surface area contributed by atoms with E-state index >= 15 is 0 Å². The fourth-order valence-electron chi connectivity index (χ4n) is 2.19. The molecule has 1 aromatic carbocycles. The number of anilines is 1. The highest BCUT2D eigenvalue weighted by Crippen LogP contribution is 2.14. The monoisotopic (exact) mass is 374 g/mol. The summed E-state index contributed by atoms with van der Waals surface area (Å²) in [5, 5.41) is 13.7. The molecule has 2 N–H and O–H groups in total. The maximum absolute atomic E-state index is 12.7. The Balaban J connectivity index is 1.88. The van der Waals surface area contributed by atoms with Gasteiger partial charge in [-0.15, -0.1) is 16.4 Å². The van der Waals surface area contributed by atoms with Crippen LogP contribution in [0.1, 0.15) is 32.4 Å². The fraction of sp³-hybridized carbons (Fsp3) is 0.312. The number of carbonyl (C=O) groups is 1. The normalized spacial score (nSPS) is 11.9. The van der Waals surface area contributed by atoms with E-state index in [4.69, 9.17) is 15.4 Å². The van der Waals surface area contributed by atoms with Crippen molar-refractivity contribution in [2.75, 3.05) is 5.73 Å². The van der Waals surface area contributed by atoms with Gasteiger partial charge in [-0.1, -0.05) is 36.0 Å². The zero-order valence-corrected chi connectivity index (χ0v) is 15.1. The van der Waals surface area contributed by atoms with Gasteiger partial charge in [-0.3, -0.25) is 0 Å². The molecule has 2 heterocycles. The molecule has 136 valence electrons. The van der Waals surface area contributed by atoms with Gasteiger partial charge >= 0.3 is 5.97 Å². The van der Waals surface area contributed by atoms with E-state index in [1.807, 2.05) is 19.9 Å². The molecule has 0 saturated carbocycles. The van der Waals surface area contributed by atoms with Crippen LogP contribution in [0.4, 0.5) is 5.13 Å². The van der Waals surface area contributed by atoms with Gasteiger partial charge in [-0.25, -0.2) is 9.78 Å². The molecule has 0 radical (unpaired) electrons. The SMILES string of the molecule is CCC(CC)O/N=C(\C(=O)On1nnc2ccccc21)c1csc(N)n1. The molecule has 26 heavy (non-hydrogen) atoms. The first-order valence-corrected chi connectivity index (χ1v) is 8.98. The van der Waals surface area contributed by atoms with Gasteiger partial charge in [-0.05, 0) is 30.2 Å². The van der Waals surface area contributed by atoms with Gasteiger partial charge in [0.25, 0.3) is 0 Å². The highest BCUT2D eigenvalue weighted by molar-refractivity contribution is 7.13. The van der Waals surface area contributed by atoms with Crippen molar-refractivity contribution in [3.63, 3.8) is 0 Å². The molecular formula is C16H18N6O3S. The van der Waals surface area contributed by atoms with Crippen molar-refractivity contribution in [2.45, 2.75) is 32.8 Å². The molecule has 0 fully saturated rings. The van der Waals surface area contributed by atoms with Gasteiger partial charge in [0.15, 0.2) is 5.13 Å². The molecule has 0 spiro atoms. The van der Waals surface area contributed by atoms with Gasteiger partial charge in [0, 0.05) is 5.38 Å². The summed E-state index contributed by atoms with van der Waals surface area (Å²) in [4.78, 5) is 28.6. The molecule has 0 aliphatic rings. The number of benzene rings is 1. The largest absolute Gasteiger partial charge is 0.392 e. The number of oxime groups is 1. The van der Waals surface area contributed by atoms with E-state index in [1.165, 1.54) is 11.3 Å². The summed E-state index contributed by atoms with van der Waals surface area (Å²) in [7, 11) is 0. The molecular weight excluding hydrogens is 356 g/mol. The van der Waals surface area contributed by atoms with E-state index < -0.39 is 5.97 Å². The highest BCUT2D eigenvalue weighted by atomic mass is 32.1. The topological polar surface area (TPSA) is 118 Å². The maximum Gasteiger partial charge on any atom is 0.389 e. The van der Waals surface area contributed by atoms with Crippen LogP contribution < -0.4 is 10.6 Å². The number of hydrogen-bond donors (Lipinski definition) is 1. The van der Waals surface area contributed by atoms with Crippen molar-refractivity contribution in [1.82, 2.24) is 20.1 Å². The number of nitrogens with two attached hydrogens (primary N) is 1. The summed E-state index contributed by atoms with van der Waals surface area (Å²) in [6.07, 6.45) is 1.41. The first kappa shape index (κ1) is 17.8. The number of rotatable bonds is 7. The highest BCUT2D eigenvalue weighted by Gasteiger charge is 2.23. The Morgan fingerprint density at radius 2 is 2.12 bits per heavy atom. The zero-order chi connectivity index (χ0) is 18.5. The third kappa shape index (κ3) is 3.80. The Kier molecular flexibility index (Phi) is 5.42. The van der Waals surface area contributed by atoms with Crippen molar-refractivity contribution in [3.05, 3.63) is 35.3 Å². The number of nitrogens with zero attached hydrogens (tertiary/aromatic N) is 5. The first-order chi connectivity index (χ1) is 12.6. The summed E-state index contributed by atoms with van der Waals surface area (Å²) in [6, 6.07) is 7.11. The number of thiazole rings is 1. The summed E-state index contributed by atoms with van der Waals surface area (Å²) in [5.41, 5.74) is 7.03. The van der Waals surface area contributed by atoms with Gasteiger partial charge in [0.05, 0.1) is 0 Å². The minimum atomic E-state index is -0.767. The number of nitrogen functional groups attached to an aromatic ring is 1. The van der Waals surface area contributed by atoms with Crippen LogP contribution in [-0.4, -0.2) is 37.9 Å². The average molecular weight is 374 g/mol. The second-order valence-electron chi connectivity index (χ2n) is 5.38. The zero-order valence-electron chi connectivity index (χ0n) is 14.3. The lowest BCUT2D eigenvalue weighted by atomic mass is 10.2. The minimum Gasteiger partial charge on any atom is -0.392 e. The van der Waals surface area contributed by atoms with E-state index in [0.29, 0.717) is 16.2 Å². The van der Waals surface area contributed by atoms with Crippen LogP contribution in [0.3, 0.4) is 0 Å². The van der Waals surface area contributed by atoms with Gasteiger partial charge in [-0.2, -0.15) is 0 Å². The molecule has 0 saturated heterocycles. The Bertz CT molecular complexity index is 931. The molecule has 0 unspecified atom stereocenters. The predicted octanol–water partition coefficient (Wildman–Crippen LogP) is 2.03. The summed E-state index contributed by atoms with van der Waals surface area (Å²) in [5.74, 6) is -0.767. The fourth-order valence-corrected chi connectivity index (χ4v) is 2.73. The quantitative estimate of drug-likeness (QED) is 0.382. The number of fused-ring (bicyclic) bond motifs is 1. The molecule has 0 bridgehead atoms. The number of para-hydroxylation sites is 1. The van der Waals surface area contributed by atoms with E-state index in [2.05, 4.69) is 20.5 Å². The lowest BCUT2D eigenvalue weighted by molar-refractivity contribution is -0.137. The van der Waals surface area contributed by atoms with Crippen molar-refractivity contribution in [2.24, 2.45) is 5.16 Å². The van der Waals surface area contributed by atoms with Crippen LogP contribution in [0.2, 0.25) is 0 Å². The smallest absolute Gasteiger partial charge is 0.389 e. The predicted molar refractivity (Wildman–Crippen MR) is 97.6 cm³/mol. The third-order valence-electron chi connectivity index (χ3n) is 3.65. The molecule has 0 atom stereocenters. The second kappa shape index (κ2) is 7.91. The number of aromatic nitrogens is 4. The van der Waals surface area contributed by atoms with Gasteiger partial charge in [0.1, 0.15) is 22.8 Å². The molecule has 0 amide bonds. The van der Waals surface area contributed by atoms with Crippen LogP contribution in [0.15, 0.2) is 34.8 Å². The third-order valence-corrected chi connectivity index (χ3v) is 4.33. The molecule has 3 rings (SSSR count). The van der Waals surface area contributed by atoms with Crippen molar-refractivity contribution in [3.8, 4) is 0 Å². The summed E-state index contributed by atoms with van der Waals surface area (Å²) in [6.45, 7) is 3.95. The Hall–Kier alpha value is -3.01. The van der Waals surface area contributed by atoms with Gasteiger partial charge < -0.3 is 15.4 Å². The molecule has 9 nitrogen and oxygen atoms in total. The van der Waals surface area contributed by atoms with E-state index in [1.54, 1.807) is 23.6 Å². The Morgan fingerprint density at radius 1 is 1.35 bits per heavy atom. The molecule has 0 aliphatic heterocycles. The second-order valence-corrected chi connectivity index (χ2v) is 6.27. The first-order valence-electron chi connectivity index (χ1n) is 8.10. The molecule has 3 aromatic rings. The molecule has 0 aliphatic carbocycles. The summed E-state index contributed by atoms with van der Waals surface area (Å²) < 4.78 is 0. The van der Waals surface area contributed by atoms with Crippen LogP contribution in [0.25, 0.3) is 11.0 Å².